The van der Waals surface area contributed by atoms with Gasteiger partial charge in [0.15, 0.2) is 0 Å². The molecule has 7 heteroatoms. The Bertz CT molecular complexity index is 642. The Morgan fingerprint density at radius 3 is 2.00 bits per heavy atom. The molecule has 0 unspecified atom stereocenters. The van der Waals surface area contributed by atoms with Crippen molar-refractivity contribution in [2.45, 2.75) is 7.59 Å². The van der Waals surface area contributed by atoms with E-state index in [1.807, 2.05) is 24.3 Å². The molecule has 0 amide bonds. The average Bonchev–Trinajstić information content (AvgIpc) is 2.34. The van der Waals surface area contributed by atoms with Gasteiger partial charge in [0.25, 0.3) is 0 Å². The highest BCUT2D eigenvalue weighted by molar-refractivity contribution is 6.69. The van der Waals surface area contributed by atoms with E-state index < -0.39 is 7.59 Å². The summed E-state index contributed by atoms with van der Waals surface area (Å²) >= 11 is 36.1. The van der Waals surface area contributed by atoms with Gasteiger partial charge in [-0.25, -0.2) is 0 Å². The number of benzene rings is 2. The number of hydrogen-bond donors (Lipinski definition) is 0. The van der Waals surface area contributed by atoms with Gasteiger partial charge in [0.1, 0.15) is 5.75 Å². The Kier molecular flexibility index (Phi) is 4.81. The Balaban J connectivity index is 2.97. The predicted molar refractivity (Wildman–Crippen MR) is 89.0 cm³/mol. The van der Waals surface area contributed by atoms with Crippen molar-refractivity contribution in [3.05, 3.63) is 41.5 Å². The normalized spacial score (nSPS) is 12.8. The molecule has 2 aromatic carbocycles. The lowest BCUT2D eigenvalue weighted by Crippen LogP contribution is -2.14. The van der Waals surface area contributed by atoms with Crippen molar-refractivity contribution in [1.29, 1.82) is 0 Å². The number of rotatable bonds is 1. The molecular formula is C13H8Cl6O. The van der Waals surface area contributed by atoms with E-state index in [0.717, 1.165) is 10.8 Å². The number of alkyl halides is 6. The van der Waals surface area contributed by atoms with E-state index in [4.69, 9.17) is 74.3 Å². The number of methoxy groups -OCH3 is 1. The van der Waals surface area contributed by atoms with Gasteiger partial charge in [-0.05, 0) is 11.5 Å². The maximum Gasteiger partial charge on any atom is 0.220 e. The molecule has 0 aliphatic carbocycles. The highest BCUT2D eigenvalue weighted by Gasteiger charge is 2.38. The summed E-state index contributed by atoms with van der Waals surface area (Å²) in [5, 5.41) is 1.60. The molecule has 0 aromatic heterocycles. The first kappa shape index (κ1) is 16.6. The first-order valence-electron chi connectivity index (χ1n) is 5.40. The predicted octanol–water partition coefficient (Wildman–Crippen LogP) is 6.50. The van der Waals surface area contributed by atoms with Crippen LogP contribution in [-0.2, 0) is 7.59 Å². The number of hydrogen-bond acceptors (Lipinski definition) is 1. The summed E-state index contributed by atoms with van der Waals surface area (Å²) in [6, 6.07) is 9.10. The van der Waals surface area contributed by atoms with E-state index in [1.165, 1.54) is 7.11 Å². The molecule has 108 valence electrons. The fourth-order valence-corrected chi connectivity index (χ4v) is 3.04. The maximum atomic E-state index is 6.03. The van der Waals surface area contributed by atoms with E-state index in [9.17, 15) is 0 Å². The quantitative estimate of drug-likeness (QED) is 0.503. The molecule has 0 heterocycles. The van der Waals surface area contributed by atoms with Crippen LogP contribution in [0.5, 0.6) is 5.75 Å². The van der Waals surface area contributed by atoms with Crippen LogP contribution in [0.4, 0.5) is 0 Å². The summed E-state index contributed by atoms with van der Waals surface area (Å²) in [4.78, 5) is 0. The van der Waals surface area contributed by atoms with Gasteiger partial charge >= 0.3 is 0 Å². The molecule has 2 aromatic rings. The van der Waals surface area contributed by atoms with Crippen LogP contribution in [0.2, 0.25) is 0 Å². The van der Waals surface area contributed by atoms with Gasteiger partial charge in [-0.3, -0.25) is 0 Å². The molecule has 0 saturated carbocycles. The van der Waals surface area contributed by atoms with Crippen molar-refractivity contribution in [3.8, 4) is 5.75 Å². The van der Waals surface area contributed by atoms with Gasteiger partial charge in [-0.1, -0.05) is 93.9 Å². The fraction of sp³-hybridized carbons (Fsp3) is 0.231. The molecule has 0 atom stereocenters. The molecule has 0 aliphatic heterocycles. The zero-order valence-electron chi connectivity index (χ0n) is 10.1. The van der Waals surface area contributed by atoms with E-state index in [1.54, 1.807) is 6.07 Å². The molecular weight excluding hydrogens is 385 g/mol. The SMILES string of the molecule is COc1c(C(Cl)(Cl)Cl)c(C(Cl)(Cl)Cl)cc2ccccc12. The second kappa shape index (κ2) is 5.79. The van der Waals surface area contributed by atoms with Crippen molar-refractivity contribution in [2.24, 2.45) is 0 Å². The van der Waals surface area contributed by atoms with Gasteiger partial charge in [-0.15, -0.1) is 0 Å². The number of ether oxygens (including phenoxy) is 1. The molecule has 20 heavy (non-hydrogen) atoms. The minimum atomic E-state index is -1.78. The Morgan fingerprint density at radius 1 is 0.900 bits per heavy atom. The van der Waals surface area contributed by atoms with Crippen LogP contribution in [-0.4, -0.2) is 7.11 Å². The lowest BCUT2D eigenvalue weighted by atomic mass is 10.0. The first-order valence-corrected chi connectivity index (χ1v) is 7.67. The standard InChI is InChI=1S/C13H8Cl6O/c1-20-11-8-5-3-2-4-7(8)6-9(12(14,15)16)10(11)13(17,18)19/h2-6H,1H3. The third kappa shape index (κ3) is 3.19. The minimum absolute atomic E-state index is 0.226. The zero-order chi connectivity index (χ0) is 15.1. The Labute approximate surface area is 146 Å². The van der Waals surface area contributed by atoms with Crippen LogP contribution >= 0.6 is 69.6 Å². The van der Waals surface area contributed by atoms with Crippen LogP contribution in [0.3, 0.4) is 0 Å². The monoisotopic (exact) mass is 390 g/mol. The summed E-state index contributed by atoms with van der Waals surface area (Å²) in [5.74, 6) is 0.379. The van der Waals surface area contributed by atoms with Crippen molar-refractivity contribution >= 4 is 80.4 Å². The molecule has 0 radical (unpaired) electrons. The molecule has 0 N–H and O–H groups in total. The zero-order valence-corrected chi connectivity index (χ0v) is 14.6. The minimum Gasteiger partial charge on any atom is -0.496 e. The lowest BCUT2D eigenvalue weighted by molar-refractivity contribution is 0.414. The molecule has 0 aliphatic rings. The smallest absolute Gasteiger partial charge is 0.220 e. The largest absolute Gasteiger partial charge is 0.496 e. The lowest BCUT2D eigenvalue weighted by Gasteiger charge is -2.25. The van der Waals surface area contributed by atoms with Gasteiger partial charge in [0, 0.05) is 10.9 Å². The first-order chi connectivity index (χ1) is 9.16. The summed E-state index contributed by atoms with van der Waals surface area (Å²) in [6.07, 6.45) is 0. The van der Waals surface area contributed by atoms with E-state index >= 15 is 0 Å². The third-order valence-electron chi connectivity index (χ3n) is 2.79. The Hall–Kier alpha value is 0.240. The van der Waals surface area contributed by atoms with Gasteiger partial charge in [0.05, 0.1) is 12.7 Å². The van der Waals surface area contributed by atoms with Gasteiger partial charge < -0.3 is 4.74 Å². The van der Waals surface area contributed by atoms with Crippen LogP contribution in [0.25, 0.3) is 10.8 Å². The van der Waals surface area contributed by atoms with E-state index in [2.05, 4.69) is 0 Å². The van der Waals surface area contributed by atoms with Crippen molar-refractivity contribution in [3.63, 3.8) is 0 Å². The summed E-state index contributed by atoms with van der Waals surface area (Å²) in [5.41, 5.74) is 0.502. The molecule has 0 bridgehead atoms. The van der Waals surface area contributed by atoms with E-state index in [-0.39, 0.29) is 11.1 Å². The van der Waals surface area contributed by atoms with Gasteiger partial charge in [0.2, 0.25) is 7.59 Å². The van der Waals surface area contributed by atoms with E-state index in [0.29, 0.717) is 5.75 Å². The van der Waals surface area contributed by atoms with Crippen molar-refractivity contribution in [1.82, 2.24) is 0 Å². The fourth-order valence-electron chi connectivity index (χ4n) is 2.03. The average molecular weight is 393 g/mol. The van der Waals surface area contributed by atoms with Crippen molar-refractivity contribution < 1.29 is 4.74 Å². The molecule has 2 rings (SSSR count). The molecule has 0 fully saturated rings. The van der Waals surface area contributed by atoms with Crippen molar-refractivity contribution in [2.75, 3.05) is 7.11 Å². The second-order valence-corrected chi connectivity index (χ2v) is 8.61. The second-order valence-electron chi connectivity index (χ2n) is 4.05. The number of fused-ring (bicyclic) bond motifs is 1. The summed E-state index contributed by atoms with van der Waals surface area (Å²) in [7, 11) is 1.48. The van der Waals surface area contributed by atoms with Crippen LogP contribution < -0.4 is 4.74 Å². The van der Waals surface area contributed by atoms with Crippen LogP contribution in [0.1, 0.15) is 11.1 Å². The Morgan fingerprint density at radius 2 is 1.50 bits per heavy atom. The summed E-state index contributed by atoms with van der Waals surface area (Å²) in [6.45, 7) is 0. The number of halogens is 6. The van der Waals surface area contributed by atoms with Gasteiger partial charge in [-0.2, -0.15) is 0 Å². The topological polar surface area (TPSA) is 9.23 Å². The van der Waals surface area contributed by atoms with Crippen LogP contribution in [0.15, 0.2) is 30.3 Å². The van der Waals surface area contributed by atoms with Crippen LogP contribution in [0, 0.1) is 0 Å². The third-order valence-corrected chi connectivity index (χ3v) is 3.97. The highest BCUT2D eigenvalue weighted by atomic mass is 35.6. The molecule has 0 spiro atoms. The molecule has 0 saturated heterocycles. The maximum absolute atomic E-state index is 6.03. The summed E-state index contributed by atoms with van der Waals surface area (Å²) < 4.78 is 1.87. The molecule has 1 nitrogen and oxygen atoms in total. The highest BCUT2D eigenvalue weighted by Crippen LogP contribution is 2.53.